The fourth-order valence-electron chi connectivity index (χ4n) is 1.86. The first-order valence-electron chi connectivity index (χ1n) is 5.30. The number of aryl methyl sites for hydroxylation is 1. The van der Waals surface area contributed by atoms with E-state index in [4.69, 9.17) is 4.74 Å². The topological polar surface area (TPSA) is 31.2 Å². The molecule has 1 atom stereocenters. The monoisotopic (exact) mass is 289 g/mol. The largest absolute Gasteiger partial charge is 0.381 e. The van der Waals surface area contributed by atoms with Gasteiger partial charge in [0.15, 0.2) is 5.82 Å². The quantitative estimate of drug-likeness (QED) is 0.854. The van der Waals surface area contributed by atoms with Gasteiger partial charge in [-0.3, -0.25) is 4.79 Å². The van der Waals surface area contributed by atoms with Gasteiger partial charge in [0.1, 0.15) is 0 Å². The third-order valence-corrected chi connectivity index (χ3v) is 3.24. The van der Waals surface area contributed by atoms with Crippen molar-refractivity contribution in [2.45, 2.75) is 19.4 Å². The van der Waals surface area contributed by atoms with E-state index in [1.807, 2.05) is 0 Å². The van der Waals surface area contributed by atoms with E-state index in [1.54, 1.807) is 6.20 Å². The second kappa shape index (κ2) is 5.10. The fourth-order valence-corrected chi connectivity index (χ4v) is 2.31. The Balaban J connectivity index is 2.05. The molecule has 1 aliphatic rings. The van der Waals surface area contributed by atoms with Crippen LogP contribution in [0, 0.1) is 11.7 Å². The molecule has 1 aliphatic heterocycles. The molecule has 0 bridgehead atoms. The molecule has 0 aromatic carbocycles. The molecule has 3 nitrogen and oxygen atoms in total. The summed E-state index contributed by atoms with van der Waals surface area (Å²) >= 11 is 3.18. The van der Waals surface area contributed by atoms with E-state index in [2.05, 4.69) is 15.9 Å². The van der Waals surface area contributed by atoms with Gasteiger partial charge in [0.2, 0.25) is 0 Å². The fraction of sp³-hybridized carbons (Fsp3) is 0.545. The van der Waals surface area contributed by atoms with E-state index in [9.17, 15) is 9.18 Å². The Morgan fingerprint density at radius 1 is 1.62 bits per heavy atom. The van der Waals surface area contributed by atoms with Crippen LogP contribution in [-0.4, -0.2) is 17.8 Å². The van der Waals surface area contributed by atoms with Crippen LogP contribution in [0.15, 0.2) is 21.5 Å². The molecule has 1 unspecified atom stereocenters. The van der Waals surface area contributed by atoms with Gasteiger partial charge in [0.25, 0.3) is 5.56 Å². The Hall–Kier alpha value is -0.680. The molecular formula is C11H13BrFNO2. The molecule has 0 N–H and O–H groups in total. The summed E-state index contributed by atoms with van der Waals surface area (Å²) in [4.78, 5) is 11.5. The molecule has 5 heteroatoms. The zero-order chi connectivity index (χ0) is 11.5. The maximum Gasteiger partial charge on any atom is 0.286 e. The van der Waals surface area contributed by atoms with Crippen molar-refractivity contribution in [3.8, 4) is 0 Å². The van der Waals surface area contributed by atoms with E-state index in [1.165, 1.54) is 10.6 Å². The molecule has 1 fully saturated rings. The van der Waals surface area contributed by atoms with E-state index in [0.717, 1.165) is 26.1 Å². The van der Waals surface area contributed by atoms with Crippen LogP contribution in [0.2, 0.25) is 0 Å². The number of rotatable bonds is 3. The number of nitrogens with zero attached hydrogens (tertiary/aromatic N) is 1. The Kier molecular flexibility index (Phi) is 3.76. The van der Waals surface area contributed by atoms with Crippen molar-refractivity contribution in [3.05, 3.63) is 32.9 Å². The minimum absolute atomic E-state index is 0.494. The number of halogens is 2. The molecule has 1 aromatic rings. The molecular weight excluding hydrogens is 277 g/mol. The second-order valence-electron chi connectivity index (χ2n) is 4.02. The van der Waals surface area contributed by atoms with Gasteiger partial charge < -0.3 is 9.30 Å². The Morgan fingerprint density at radius 2 is 2.44 bits per heavy atom. The van der Waals surface area contributed by atoms with Gasteiger partial charge in [-0.25, -0.2) is 4.39 Å². The molecule has 2 heterocycles. The van der Waals surface area contributed by atoms with Crippen molar-refractivity contribution in [2.75, 3.05) is 13.2 Å². The Labute approximate surface area is 101 Å². The maximum atomic E-state index is 13.2. The van der Waals surface area contributed by atoms with Crippen LogP contribution in [0.5, 0.6) is 0 Å². The molecule has 0 amide bonds. The van der Waals surface area contributed by atoms with E-state index in [0.29, 0.717) is 16.9 Å². The molecule has 2 rings (SSSR count). The Morgan fingerprint density at radius 3 is 3.12 bits per heavy atom. The Bertz CT molecular complexity index is 426. The van der Waals surface area contributed by atoms with Gasteiger partial charge in [-0.05, 0) is 40.8 Å². The van der Waals surface area contributed by atoms with Crippen molar-refractivity contribution in [2.24, 2.45) is 5.92 Å². The van der Waals surface area contributed by atoms with Gasteiger partial charge >= 0.3 is 0 Å². The van der Waals surface area contributed by atoms with Crippen molar-refractivity contribution in [1.82, 2.24) is 4.57 Å². The van der Waals surface area contributed by atoms with E-state index in [-0.39, 0.29) is 0 Å². The van der Waals surface area contributed by atoms with Gasteiger partial charge in [-0.15, -0.1) is 0 Å². The highest BCUT2D eigenvalue weighted by molar-refractivity contribution is 9.10. The lowest BCUT2D eigenvalue weighted by molar-refractivity contribution is 0.183. The molecule has 1 aromatic heterocycles. The maximum absolute atomic E-state index is 13.2. The molecule has 0 spiro atoms. The zero-order valence-corrected chi connectivity index (χ0v) is 10.4. The highest BCUT2D eigenvalue weighted by atomic mass is 79.9. The summed E-state index contributed by atoms with van der Waals surface area (Å²) in [7, 11) is 0. The van der Waals surface area contributed by atoms with E-state index >= 15 is 0 Å². The average Bonchev–Trinajstić information content (AvgIpc) is 2.74. The lowest BCUT2D eigenvalue weighted by Gasteiger charge is -2.09. The lowest BCUT2D eigenvalue weighted by Crippen LogP contribution is -2.23. The molecule has 88 valence electrons. The predicted octanol–water partition coefficient (Wildman–Crippen LogP) is 2.18. The van der Waals surface area contributed by atoms with Gasteiger partial charge in [-0.2, -0.15) is 0 Å². The van der Waals surface area contributed by atoms with Gasteiger partial charge in [0, 0.05) is 30.4 Å². The molecule has 16 heavy (non-hydrogen) atoms. The summed E-state index contributed by atoms with van der Waals surface area (Å²) in [5.41, 5.74) is -0.554. The number of pyridine rings is 1. The number of ether oxygens (including phenoxy) is 1. The standard InChI is InChI=1S/C11H13BrFNO2/c12-9-5-10(13)11(15)14(6-9)3-1-8-2-4-16-7-8/h5-6,8H,1-4,7H2. The van der Waals surface area contributed by atoms with E-state index < -0.39 is 11.4 Å². The highest BCUT2D eigenvalue weighted by Crippen LogP contribution is 2.17. The molecule has 1 saturated heterocycles. The molecule has 0 radical (unpaired) electrons. The zero-order valence-electron chi connectivity index (χ0n) is 8.79. The van der Waals surface area contributed by atoms with Crippen LogP contribution >= 0.6 is 15.9 Å². The molecule has 0 aliphatic carbocycles. The number of hydrogen-bond acceptors (Lipinski definition) is 2. The van der Waals surface area contributed by atoms with Crippen LogP contribution in [0.3, 0.4) is 0 Å². The van der Waals surface area contributed by atoms with Crippen LogP contribution < -0.4 is 5.56 Å². The third-order valence-electron chi connectivity index (χ3n) is 2.81. The summed E-state index contributed by atoms with van der Waals surface area (Å²) in [5.74, 6) is -0.217. The molecule has 0 saturated carbocycles. The first-order valence-corrected chi connectivity index (χ1v) is 6.09. The van der Waals surface area contributed by atoms with Crippen molar-refractivity contribution in [3.63, 3.8) is 0 Å². The van der Waals surface area contributed by atoms with Crippen molar-refractivity contribution < 1.29 is 9.13 Å². The van der Waals surface area contributed by atoms with Crippen LogP contribution in [0.1, 0.15) is 12.8 Å². The number of hydrogen-bond donors (Lipinski definition) is 0. The average molecular weight is 290 g/mol. The van der Waals surface area contributed by atoms with Crippen LogP contribution in [0.25, 0.3) is 0 Å². The summed E-state index contributed by atoms with van der Waals surface area (Å²) in [5, 5.41) is 0. The summed E-state index contributed by atoms with van der Waals surface area (Å²) in [6.45, 7) is 2.10. The lowest BCUT2D eigenvalue weighted by atomic mass is 10.1. The smallest absolute Gasteiger partial charge is 0.286 e. The minimum Gasteiger partial charge on any atom is -0.381 e. The highest BCUT2D eigenvalue weighted by Gasteiger charge is 2.16. The second-order valence-corrected chi connectivity index (χ2v) is 4.94. The van der Waals surface area contributed by atoms with Gasteiger partial charge in [0.05, 0.1) is 0 Å². The first-order chi connectivity index (χ1) is 7.66. The normalized spacial score (nSPS) is 20.2. The van der Waals surface area contributed by atoms with Crippen molar-refractivity contribution in [1.29, 1.82) is 0 Å². The van der Waals surface area contributed by atoms with Gasteiger partial charge in [-0.1, -0.05) is 0 Å². The summed E-state index contributed by atoms with van der Waals surface area (Å²) in [6, 6.07) is 1.19. The van der Waals surface area contributed by atoms with Crippen LogP contribution in [0.4, 0.5) is 4.39 Å². The SMILES string of the molecule is O=c1c(F)cc(Br)cn1CCC1CCOC1. The minimum atomic E-state index is -0.711. The number of aromatic nitrogens is 1. The predicted molar refractivity (Wildman–Crippen MR) is 61.9 cm³/mol. The summed E-state index contributed by atoms with van der Waals surface area (Å²) < 4.78 is 20.4. The third kappa shape index (κ3) is 2.71. The summed E-state index contributed by atoms with van der Waals surface area (Å²) in [6.07, 6.45) is 3.52. The van der Waals surface area contributed by atoms with Crippen molar-refractivity contribution >= 4 is 15.9 Å². The van der Waals surface area contributed by atoms with Crippen LogP contribution in [-0.2, 0) is 11.3 Å². The first kappa shape index (κ1) is 11.8.